The van der Waals surface area contributed by atoms with Crippen molar-refractivity contribution in [3.63, 3.8) is 0 Å². The van der Waals surface area contributed by atoms with E-state index in [0.29, 0.717) is 35.6 Å². The molecule has 3 aromatic carbocycles. The highest BCUT2D eigenvalue weighted by molar-refractivity contribution is 7.91. The third-order valence-electron chi connectivity index (χ3n) is 8.13. The molecule has 248 valence electrons. The van der Waals surface area contributed by atoms with Crippen LogP contribution in [-0.2, 0) is 30.1 Å². The summed E-state index contributed by atoms with van der Waals surface area (Å²) in [6.07, 6.45) is 1.12. The summed E-state index contributed by atoms with van der Waals surface area (Å²) in [6, 6.07) is 10.4. The molecule has 0 fully saturated rings. The van der Waals surface area contributed by atoms with Crippen LogP contribution in [0.2, 0.25) is 0 Å². The number of halogens is 1. The fourth-order valence-corrected chi connectivity index (χ4v) is 7.79. The normalized spacial score (nSPS) is 17.7. The second kappa shape index (κ2) is 13.5. The average molecular weight is 696 g/mol. The van der Waals surface area contributed by atoms with Crippen LogP contribution in [0.1, 0.15) is 43.7 Å². The maximum absolute atomic E-state index is 13.9. The standard InChI is InChI=1S/C30H35ClN3O10PS/c1-18(2)8-10-43-21-4-7-25-19(12-21)13-26(32-25)30(35)33-17-20(16-31)29-23-6-5-22(14-24(23)27(34(36)37)15-28(29)33)46(41,42)11-3-9-44-45(38,39)40/h4-7,12,14-15,18,20,26,32H,3,8-11,13,16-17H2,1-2H3,(H2,38,39,40). The summed E-state index contributed by atoms with van der Waals surface area (Å²) in [4.78, 5) is 44.6. The molecule has 0 aromatic heterocycles. The Labute approximate surface area is 271 Å². The fourth-order valence-electron chi connectivity index (χ4n) is 5.86. The first-order chi connectivity index (χ1) is 21.7. The first-order valence-corrected chi connectivity index (χ1v) is 18.5. The number of sulfone groups is 1. The Morgan fingerprint density at radius 2 is 1.93 bits per heavy atom. The lowest BCUT2D eigenvalue weighted by molar-refractivity contribution is -0.383. The number of nitrogens with zero attached hydrogens (tertiary/aromatic N) is 2. The van der Waals surface area contributed by atoms with Crippen LogP contribution in [0.15, 0.2) is 47.4 Å². The molecule has 2 heterocycles. The van der Waals surface area contributed by atoms with E-state index in [-0.39, 0.29) is 46.6 Å². The van der Waals surface area contributed by atoms with Gasteiger partial charge in [-0.05, 0) is 65.6 Å². The molecule has 1 amide bonds. The number of hydrogen-bond acceptors (Lipinski definition) is 9. The summed E-state index contributed by atoms with van der Waals surface area (Å²) in [5.41, 5.74) is 2.36. The van der Waals surface area contributed by atoms with E-state index in [1.165, 1.54) is 29.2 Å². The van der Waals surface area contributed by atoms with Crippen molar-refractivity contribution in [1.82, 2.24) is 0 Å². The van der Waals surface area contributed by atoms with Crippen molar-refractivity contribution in [2.45, 2.75) is 50.0 Å². The highest BCUT2D eigenvalue weighted by Crippen LogP contribution is 2.47. The maximum atomic E-state index is 13.9. The molecule has 0 saturated carbocycles. The van der Waals surface area contributed by atoms with Crippen LogP contribution in [0.3, 0.4) is 0 Å². The van der Waals surface area contributed by atoms with E-state index in [2.05, 4.69) is 23.7 Å². The third kappa shape index (κ3) is 7.32. The van der Waals surface area contributed by atoms with Crippen LogP contribution in [0.5, 0.6) is 5.75 Å². The van der Waals surface area contributed by atoms with Gasteiger partial charge in [0.05, 0.1) is 39.9 Å². The Kier molecular flexibility index (Phi) is 9.97. The molecule has 0 bridgehead atoms. The molecule has 2 atom stereocenters. The number of rotatable bonds is 13. The fraction of sp³-hybridized carbons (Fsp3) is 0.433. The summed E-state index contributed by atoms with van der Waals surface area (Å²) in [5.74, 6) is 0.238. The number of carbonyl (C=O) groups excluding carboxylic acids is 1. The molecular formula is C30H35ClN3O10PS. The van der Waals surface area contributed by atoms with Gasteiger partial charge in [0.15, 0.2) is 9.84 Å². The van der Waals surface area contributed by atoms with Crippen LogP contribution in [-0.4, -0.2) is 66.5 Å². The largest absolute Gasteiger partial charge is 0.494 e. The van der Waals surface area contributed by atoms with Crippen LogP contribution in [0.25, 0.3) is 10.8 Å². The topological polar surface area (TPSA) is 186 Å². The molecule has 0 aliphatic carbocycles. The quantitative estimate of drug-likeness (QED) is 0.0706. The van der Waals surface area contributed by atoms with Crippen molar-refractivity contribution in [3.05, 3.63) is 63.7 Å². The highest BCUT2D eigenvalue weighted by Gasteiger charge is 2.40. The Morgan fingerprint density at radius 3 is 2.61 bits per heavy atom. The summed E-state index contributed by atoms with van der Waals surface area (Å²) in [7, 11) is -8.73. The second-order valence-corrected chi connectivity index (χ2v) is 15.5. The van der Waals surface area contributed by atoms with Gasteiger partial charge in [0.25, 0.3) is 5.69 Å². The van der Waals surface area contributed by atoms with Gasteiger partial charge in [-0.2, -0.15) is 0 Å². The number of ether oxygens (including phenoxy) is 1. The average Bonchev–Trinajstić information content (AvgIpc) is 3.59. The molecule has 3 N–H and O–H groups in total. The minimum Gasteiger partial charge on any atom is -0.494 e. The molecule has 16 heteroatoms. The molecule has 2 unspecified atom stereocenters. The Morgan fingerprint density at radius 1 is 1.17 bits per heavy atom. The number of carbonyl (C=O) groups is 1. The van der Waals surface area contributed by atoms with Crippen molar-refractivity contribution in [1.29, 1.82) is 0 Å². The van der Waals surface area contributed by atoms with Gasteiger partial charge in [0, 0.05) is 36.5 Å². The van der Waals surface area contributed by atoms with Crippen LogP contribution in [0.4, 0.5) is 17.1 Å². The van der Waals surface area contributed by atoms with Crippen LogP contribution in [0, 0.1) is 16.0 Å². The van der Waals surface area contributed by atoms with Crippen LogP contribution < -0.4 is 15.0 Å². The molecular weight excluding hydrogens is 661 g/mol. The number of hydrogen-bond donors (Lipinski definition) is 3. The Hall–Kier alpha value is -3.26. The van der Waals surface area contributed by atoms with E-state index in [1.54, 1.807) is 0 Å². The molecule has 46 heavy (non-hydrogen) atoms. The van der Waals surface area contributed by atoms with Crippen molar-refractivity contribution in [3.8, 4) is 5.75 Å². The zero-order valence-corrected chi connectivity index (χ0v) is 27.7. The van der Waals surface area contributed by atoms with Crippen molar-refractivity contribution in [2.75, 3.05) is 41.6 Å². The maximum Gasteiger partial charge on any atom is 0.469 e. The van der Waals surface area contributed by atoms with Gasteiger partial charge in [-0.3, -0.25) is 19.4 Å². The molecule has 2 aliphatic rings. The van der Waals surface area contributed by atoms with Crippen molar-refractivity contribution < 1.29 is 41.7 Å². The smallest absolute Gasteiger partial charge is 0.469 e. The lowest BCUT2D eigenvalue weighted by atomic mass is 9.95. The SMILES string of the molecule is CC(C)CCOc1ccc2c(c1)CC(C(=O)N1CC(CCl)c3c1cc([N+](=O)[O-])c1cc(S(=O)(=O)CCCOP(=O)(O)O)ccc31)N2. The predicted octanol–water partition coefficient (Wildman–Crippen LogP) is 5.15. The van der Waals surface area contributed by atoms with Gasteiger partial charge in [-0.15, -0.1) is 11.6 Å². The second-order valence-electron chi connectivity index (χ2n) is 11.8. The lowest BCUT2D eigenvalue weighted by Crippen LogP contribution is -2.41. The van der Waals surface area contributed by atoms with Gasteiger partial charge in [-0.25, -0.2) is 13.0 Å². The number of anilines is 2. The molecule has 3 aromatic rings. The molecule has 0 saturated heterocycles. The van der Waals surface area contributed by atoms with Crippen LogP contribution >= 0.6 is 19.4 Å². The first-order valence-electron chi connectivity index (χ1n) is 14.8. The molecule has 0 radical (unpaired) electrons. The number of phosphoric ester groups is 1. The summed E-state index contributed by atoms with van der Waals surface area (Å²) >= 11 is 6.36. The van der Waals surface area contributed by atoms with E-state index in [1.807, 2.05) is 18.2 Å². The minimum atomic E-state index is -4.75. The number of phosphoric acid groups is 1. The van der Waals surface area contributed by atoms with Gasteiger partial charge >= 0.3 is 7.82 Å². The number of non-ortho nitro benzene ring substituents is 1. The number of nitro groups is 1. The first kappa shape index (κ1) is 34.1. The lowest BCUT2D eigenvalue weighted by Gasteiger charge is -2.22. The summed E-state index contributed by atoms with van der Waals surface area (Å²) < 4.78 is 47.1. The zero-order chi connectivity index (χ0) is 33.4. The number of nitrogens with one attached hydrogen (secondary N) is 1. The number of alkyl halides is 1. The summed E-state index contributed by atoms with van der Waals surface area (Å²) in [6.45, 7) is 4.55. The van der Waals surface area contributed by atoms with Crippen molar-refractivity contribution >= 4 is 63.0 Å². The molecule has 5 rings (SSSR count). The van der Waals surface area contributed by atoms with E-state index in [0.717, 1.165) is 23.4 Å². The predicted molar refractivity (Wildman–Crippen MR) is 174 cm³/mol. The number of amides is 1. The third-order valence-corrected chi connectivity index (χ3v) is 10.8. The van der Waals surface area contributed by atoms with E-state index in [4.69, 9.17) is 26.1 Å². The number of benzene rings is 3. The zero-order valence-electron chi connectivity index (χ0n) is 25.2. The minimum absolute atomic E-state index is 0.0806. The van der Waals surface area contributed by atoms with Crippen molar-refractivity contribution in [2.24, 2.45) is 5.92 Å². The van der Waals surface area contributed by atoms with E-state index < -0.39 is 41.0 Å². The summed E-state index contributed by atoms with van der Waals surface area (Å²) in [5, 5.41) is 16.0. The van der Waals surface area contributed by atoms with E-state index in [9.17, 15) is 27.9 Å². The Balaban J connectivity index is 1.42. The molecule has 13 nitrogen and oxygen atoms in total. The van der Waals surface area contributed by atoms with Gasteiger partial charge < -0.3 is 24.7 Å². The monoisotopic (exact) mass is 695 g/mol. The molecule has 2 aliphatic heterocycles. The highest BCUT2D eigenvalue weighted by atomic mass is 35.5. The Bertz CT molecular complexity index is 1830. The van der Waals surface area contributed by atoms with Gasteiger partial charge in [-0.1, -0.05) is 19.9 Å². The number of fused-ring (bicyclic) bond motifs is 4. The van der Waals surface area contributed by atoms with E-state index >= 15 is 0 Å². The van der Waals surface area contributed by atoms with Gasteiger partial charge in [0.1, 0.15) is 11.8 Å². The van der Waals surface area contributed by atoms with Gasteiger partial charge in [0.2, 0.25) is 5.91 Å². The number of nitro benzene ring substituents is 1. The molecule has 0 spiro atoms.